The number of carbonyl (C=O) groups excluding carboxylic acids is 2. The molecule has 7 heteroatoms. The molecule has 5 nitrogen and oxygen atoms in total. The Balaban J connectivity index is 1.53. The van der Waals surface area contributed by atoms with Crippen LogP contribution in [0.2, 0.25) is 0 Å². The highest BCUT2D eigenvalue weighted by atomic mass is 79.9. The number of thiophene rings is 1. The van der Waals surface area contributed by atoms with Crippen molar-refractivity contribution in [3.05, 3.63) is 52.1 Å². The smallest absolute Gasteiger partial charge is 0.265 e. The highest BCUT2D eigenvalue weighted by Gasteiger charge is 2.29. The number of nitrogens with one attached hydrogen (secondary N) is 2. The Morgan fingerprint density at radius 2 is 1.92 bits per heavy atom. The monoisotopic (exact) mass is 415 g/mol. The molecule has 0 spiro atoms. The third kappa shape index (κ3) is 3.43. The van der Waals surface area contributed by atoms with E-state index >= 15 is 0 Å². The maximum Gasteiger partial charge on any atom is 0.265 e. The number of hydrogen-bond donors (Lipinski definition) is 2. The van der Waals surface area contributed by atoms with Gasteiger partial charge in [0.25, 0.3) is 5.91 Å². The van der Waals surface area contributed by atoms with Crippen molar-refractivity contribution in [2.75, 3.05) is 10.6 Å². The van der Waals surface area contributed by atoms with E-state index < -0.39 is 0 Å². The molecule has 1 aromatic carbocycles. The summed E-state index contributed by atoms with van der Waals surface area (Å²) in [4.78, 5) is 29.0. The number of halogens is 1. The molecule has 0 aliphatic heterocycles. The highest BCUT2D eigenvalue weighted by molar-refractivity contribution is 9.10. The normalized spacial score (nSPS) is 13.6. The van der Waals surface area contributed by atoms with Crippen molar-refractivity contribution in [3.63, 3.8) is 0 Å². The Labute approximate surface area is 156 Å². The fourth-order valence-electron chi connectivity index (χ4n) is 2.54. The zero-order valence-corrected chi connectivity index (χ0v) is 15.5. The standard InChI is InChI=1S/C18H14BrN3O2S/c19-13-3-4-14(11-7-8-20-9-12(11)13)21-18(24)15-5-6-16(25-15)22-17(23)10-1-2-10/h3-10H,1-2H2,(H,21,24)(H,22,23). The molecule has 126 valence electrons. The first-order valence-corrected chi connectivity index (χ1v) is 9.47. The maximum atomic E-state index is 12.5. The fraction of sp³-hybridized carbons (Fsp3) is 0.167. The molecule has 1 aliphatic carbocycles. The van der Waals surface area contributed by atoms with Gasteiger partial charge in [0.05, 0.1) is 9.88 Å². The predicted octanol–water partition coefficient (Wildman–Crippen LogP) is 4.66. The molecule has 25 heavy (non-hydrogen) atoms. The van der Waals surface area contributed by atoms with Gasteiger partial charge in [-0.2, -0.15) is 0 Å². The van der Waals surface area contributed by atoms with E-state index in [0.717, 1.165) is 33.8 Å². The van der Waals surface area contributed by atoms with Crippen molar-refractivity contribution in [3.8, 4) is 0 Å². The number of pyridine rings is 1. The third-order valence-electron chi connectivity index (χ3n) is 4.04. The molecule has 2 aromatic heterocycles. The Kier molecular flexibility index (Phi) is 4.27. The summed E-state index contributed by atoms with van der Waals surface area (Å²) < 4.78 is 0.926. The maximum absolute atomic E-state index is 12.5. The minimum Gasteiger partial charge on any atom is -0.321 e. The number of fused-ring (bicyclic) bond motifs is 1. The summed E-state index contributed by atoms with van der Waals surface area (Å²) in [6.07, 6.45) is 5.36. The van der Waals surface area contributed by atoms with Crippen molar-refractivity contribution in [2.45, 2.75) is 12.8 Å². The number of hydrogen-bond acceptors (Lipinski definition) is 4. The van der Waals surface area contributed by atoms with Gasteiger partial charge in [0, 0.05) is 39.2 Å². The van der Waals surface area contributed by atoms with Gasteiger partial charge in [-0.1, -0.05) is 15.9 Å². The van der Waals surface area contributed by atoms with E-state index in [9.17, 15) is 9.59 Å². The molecule has 2 N–H and O–H groups in total. The molecular weight excluding hydrogens is 402 g/mol. The molecule has 0 radical (unpaired) electrons. The van der Waals surface area contributed by atoms with Gasteiger partial charge < -0.3 is 10.6 Å². The molecule has 2 amide bonds. The molecule has 1 fully saturated rings. The van der Waals surface area contributed by atoms with Crippen molar-refractivity contribution >= 4 is 60.5 Å². The van der Waals surface area contributed by atoms with Crippen LogP contribution in [-0.2, 0) is 4.79 Å². The topological polar surface area (TPSA) is 71.1 Å². The molecule has 0 saturated heterocycles. The van der Waals surface area contributed by atoms with Crippen LogP contribution in [0.25, 0.3) is 10.8 Å². The van der Waals surface area contributed by atoms with E-state index in [1.54, 1.807) is 24.5 Å². The lowest BCUT2D eigenvalue weighted by Crippen LogP contribution is -2.12. The third-order valence-corrected chi connectivity index (χ3v) is 5.73. The van der Waals surface area contributed by atoms with Crippen LogP contribution in [0.5, 0.6) is 0 Å². The van der Waals surface area contributed by atoms with Crippen LogP contribution < -0.4 is 10.6 Å². The van der Waals surface area contributed by atoms with E-state index in [1.807, 2.05) is 18.2 Å². The van der Waals surface area contributed by atoms with Gasteiger partial charge in [0.1, 0.15) is 0 Å². The number of benzene rings is 1. The van der Waals surface area contributed by atoms with Crippen molar-refractivity contribution in [2.24, 2.45) is 5.92 Å². The lowest BCUT2D eigenvalue weighted by atomic mass is 10.1. The minimum absolute atomic E-state index is 0.0419. The quantitative estimate of drug-likeness (QED) is 0.650. The molecule has 2 heterocycles. The molecule has 3 aromatic rings. The minimum atomic E-state index is -0.197. The van der Waals surface area contributed by atoms with Crippen molar-refractivity contribution in [1.82, 2.24) is 4.98 Å². The Bertz CT molecular complexity index is 981. The summed E-state index contributed by atoms with van der Waals surface area (Å²) in [5.74, 6) is -0.0142. The van der Waals surface area contributed by atoms with Gasteiger partial charge in [-0.05, 0) is 43.2 Å². The Hall–Kier alpha value is -2.25. The van der Waals surface area contributed by atoms with Gasteiger partial charge in [-0.3, -0.25) is 14.6 Å². The van der Waals surface area contributed by atoms with Crippen LogP contribution in [0.4, 0.5) is 10.7 Å². The van der Waals surface area contributed by atoms with Crippen LogP contribution in [0.1, 0.15) is 22.5 Å². The molecule has 0 unspecified atom stereocenters. The zero-order chi connectivity index (χ0) is 17.4. The second-order valence-electron chi connectivity index (χ2n) is 5.90. The highest BCUT2D eigenvalue weighted by Crippen LogP contribution is 2.32. The van der Waals surface area contributed by atoms with E-state index in [2.05, 4.69) is 31.5 Å². The largest absolute Gasteiger partial charge is 0.321 e. The van der Waals surface area contributed by atoms with Crippen LogP contribution >= 0.6 is 27.3 Å². The average Bonchev–Trinajstić information content (AvgIpc) is 3.37. The molecule has 4 rings (SSSR count). The van der Waals surface area contributed by atoms with Crippen molar-refractivity contribution < 1.29 is 9.59 Å². The summed E-state index contributed by atoms with van der Waals surface area (Å²) >= 11 is 4.77. The average molecular weight is 416 g/mol. The fourth-order valence-corrected chi connectivity index (χ4v) is 3.80. The summed E-state index contributed by atoms with van der Waals surface area (Å²) in [5.41, 5.74) is 0.725. The van der Waals surface area contributed by atoms with Crippen LogP contribution in [0.15, 0.2) is 47.2 Å². The first kappa shape index (κ1) is 16.2. The SMILES string of the molecule is O=C(Nc1ccc(Br)c2cnccc12)c1ccc(NC(=O)C2CC2)s1. The number of rotatable bonds is 4. The van der Waals surface area contributed by atoms with Gasteiger partial charge in [-0.15, -0.1) is 11.3 Å². The second-order valence-corrected chi connectivity index (χ2v) is 7.84. The molecule has 0 bridgehead atoms. The first-order chi connectivity index (χ1) is 12.1. The van der Waals surface area contributed by atoms with E-state index in [1.165, 1.54) is 11.3 Å². The zero-order valence-electron chi connectivity index (χ0n) is 13.1. The predicted molar refractivity (Wildman–Crippen MR) is 103 cm³/mol. The second kappa shape index (κ2) is 6.57. The number of amides is 2. The van der Waals surface area contributed by atoms with Crippen LogP contribution in [-0.4, -0.2) is 16.8 Å². The Morgan fingerprint density at radius 3 is 2.72 bits per heavy atom. The van der Waals surface area contributed by atoms with Gasteiger partial charge >= 0.3 is 0 Å². The van der Waals surface area contributed by atoms with Crippen molar-refractivity contribution in [1.29, 1.82) is 0 Å². The summed E-state index contributed by atoms with van der Waals surface area (Å²) in [6, 6.07) is 9.10. The number of nitrogens with zero attached hydrogens (tertiary/aromatic N) is 1. The Morgan fingerprint density at radius 1 is 1.08 bits per heavy atom. The van der Waals surface area contributed by atoms with Gasteiger partial charge in [0.2, 0.25) is 5.91 Å². The molecular formula is C18H14BrN3O2S. The lowest BCUT2D eigenvalue weighted by Gasteiger charge is -2.09. The van der Waals surface area contributed by atoms with Crippen LogP contribution in [0, 0.1) is 5.92 Å². The number of anilines is 2. The lowest BCUT2D eigenvalue weighted by molar-refractivity contribution is -0.117. The molecule has 1 saturated carbocycles. The molecule has 0 atom stereocenters. The summed E-state index contributed by atoms with van der Waals surface area (Å²) in [5, 5.41) is 8.35. The number of aromatic nitrogens is 1. The first-order valence-electron chi connectivity index (χ1n) is 7.86. The van der Waals surface area contributed by atoms with E-state index in [4.69, 9.17) is 0 Å². The van der Waals surface area contributed by atoms with Gasteiger partial charge in [0.15, 0.2) is 0 Å². The van der Waals surface area contributed by atoms with E-state index in [0.29, 0.717) is 9.88 Å². The van der Waals surface area contributed by atoms with Crippen LogP contribution in [0.3, 0.4) is 0 Å². The molecule has 1 aliphatic rings. The summed E-state index contributed by atoms with van der Waals surface area (Å²) in [7, 11) is 0. The van der Waals surface area contributed by atoms with Gasteiger partial charge in [-0.25, -0.2) is 0 Å². The van der Waals surface area contributed by atoms with E-state index in [-0.39, 0.29) is 17.7 Å². The number of carbonyl (C=O) groups is 2. The summed E-state index contributed by atoms with van der Waals surface area (Å²) in [6.45, 7) is 0.